The average molecular weight is 512 g/mol. The number of hydrogen-bond donors (Lipinski definition) is 1. The Morgan fingerprint density at radius 2 is 1.60 bits per heavy atom. The molecule has 0 saturated carbocycles. The minimum atomic E-state index is -0.437. The number of carbonyl (C=O) groups excluding carboxylic acids is 2. The van der Waals surface area contributed by atoms with Crippen molar-refractivity contribution in [2.75, 3.05) is 20.1 Å². The minimum absolute atomic E-state index is 0.0182. The molecule has 182 valence electrons. The molecule has 4 rings (SSSR count). The first-order valence-electron chi connectivity index (χ1n) is 11.4. The van der Waals surface area contributed by atoms with Crippen LogP contribution in [0.2, 0.25) is 10.0 Å². The van der Waals surface area contributed by atoms with E-state index in [9.17, 15) is 9.59 Å². The number of aromatic nitrogens is 2. The lowest BCUT2D eigenvalue weighted by molar-refractivity contribution is 0.0638. The quantitative estimate of drug-likeness (QED) is 0.512. The molecule has 0 bridgehead atoms. The van der Waals surface area contributed by atoms with E-state index in [0.29, 0.717) is 53.3 Å². The molecule has 1 aliphatic rings. The molecule has 1 fully saturated rings. The monoisotopic (exact) mass is 511 g/mol. The molecule has 0 radical (unpaired) electrons. The first kappa shape index (κ1) is 25.1. The molecule has 2 amide bonds. The summed E-state index contributed by atoms with van der Waals surface area (Å²) >= 11 is 12.0. The van der Waals surface area contributed by atoms with Crippen LogP contribution in [0.1, 0.15) is 50.5 Å². The Morgan fingerprint density at radius 3 is 2.20 bits per heavy atom. The van der Waals surface area contributed by atoms with Gasteiger partial charge >= 0.3 is 0 Å². The van der Waals surface area contributed by atoms with Gasteiger partial charge < -0.3 is 10.6 Å². The highest BCUT2D eigenvalue weighted by molar-refractivity contribution is 6.42. The summed E-state index contributed by atoms with van der Waals surface area (Å²) in [5, 5.41) is 0.832. The number of nitrogens with zero attached hydrogens (tertiary/aromatic N) is 4. The molecule has 1 saturated heterocycles. The third-order valence-corrected chi connectivity index (χ3v) is 7.07. The molecule has 0 unspecified atom stereocenters. The number of halogens is 2. The zero-order chi connectivity index (χ0) is 24.9. The van der Waals surface area contributed by atoms with Crippen LogP contribution < -0.4 is 5.73 Å². The lowest BCUT2D eigenvalue weighted by Gasteiger charge is -2.36. The van der Waals surface area contributed by atoms with Gasteiger partial charge in [0.25, 0.3) is 5.91 Å². The summed E-state index contributed by atoms with van der Waals surface area (Å²) in [7, 11) is 2.08. The van der Waals surface area contributed by atoms with Gasteiger partial charge in [-0.3, -0.25) is 24.5 Å². The molecular formula is C26H27Cl2N5O2. The Hall–Kier alpha value is -3.00. The van der Waals surface area contributed by atoms with E-state index in [1.165, 1.54) is 0 Å². The van der Waals surface area contributed by atoms with E-state index in [2.05, 4.69) is 21.9 Å². The summed E-state index contributed by atoms with van der Waals surface area (Å²) in [4.78, 5) is 37.3. The van der Waals surface area contributed by atoms with Crippen molar-refractivity contribution in [3.05, 3.63) is 93.0 Å². The van der Waals surface area contributed by atoms with Gasteiger partial charge in [-0.05, 0) is 55.8 Å². The molecule has 35 heavy (non-hydrogen) atoms. The second kappa shape index (κ2) is 11.2. The highest BCUT2D eigenvalue weighted by Gasteiger charge is 2.26. The highest BCUT2D eigenvalue weighted by Crippen LogP contribution is 2.25. The van der Waals surface area contributed by atoms with E-state index in [1.54, 1.807) is 36.5 Å². The van der Waals surface area contributed by atoms with Gasteiger partial charge in [-0.1, -0.05) is 35.3 Å². The number of likely N-dealkylation sites (tertiary alicyclic amines) is 1. The Kier molecular flexibility index (Phi) is 8.00. The average Bonchev–Trinajstić information content (AvgIpc) is 2.87. The molecule has 2 N–H and O–H groups in total. The van der Waals surface area contributed by atoms with Crippen molar-refractivity contribution in [2.24, 2.45) is 5.73 Å². The fraction of sp³-hybridized carbons (Fsp3) is 0.308. The molecule has 0 spiro atoms. The van der Waals surface area contributed by atoms with Gasteiger partial charge in [0.1, 0.15) is 0 Å². The fourth-order valence-corrected chi connectivity index (χ4v) is 4.55. The first-order valence-corrected chi connectivity index (χ1v) is 12.2. The molecule has 1 aromatic heterocycles. The van der Waals surface area contributed by atoms with E-state index in [4.69, 9.17) is 28.9 Å². The van der Waals surface area contributed by atoms with Crippen molar-refractivity contribution < 1.29 is 9.59 Å². The third kappa shape index (κ3) is 6.36. The van der Waals surface area contributed by atoms with Crippen LogP contribution in [0.3, 0.4) is 0 Å². The van der Waals surface area contributed by atoms with Gasteiger partial charge in [0.05, 0.1) is 27.6 Å². The summed E-state index contributed by atoms with van der Waals surface area (Å²) in [6.07, 6.45) is 6.01. The standard InChI is InChI=1S/C26H27Cl2N5O2/c1-32(22-8-10-33(11-9-22)26(35)19-6-7-23(27)24(28)13-19)16-21-15-30-20(14-31-21)12-17-2-4-18(5-3-17)25(29)34/h2-7,13-15,22H,8-12,16H2,1H3,(H2,29,34). The van der Waals surface area contributed by atoms with Gasteiger partial charge in [0, 0.05) is 49.4 Å². The number of rotatable bonds is 7. The number of hydrogen-bond acceptors (Lipinski definition) is 5. The van der Waals surface area contributed by atoms with Crippen LogP contribution in [0.25, 0.3) is 0 Å². The van der Waals surface area contributed by atoms with Gasteiger partial charge in [-0.2, -0.15) is 0 Å². The first-order chi connectivity index (χ1) is 16.8. The van der Waals surface area contributed by atoms with Crippen molar-refractivity contribution in [3.63, 3.8) is 0 Å². The summed E-state index contributed by atoms with van der Waals surface area (Å²) in [5.74, 6) is -0.455. The summed E-state index contributed by atoms with van der Waals surface area (Å²) in [5.41, 5.74) is 9.13. The number of piperidine rings is 1. The summed E-state index contributed by atoms with van der Waals surface area (Å²) in [6.45, 7) is 2.06. The Bertz CT molecular complexity index is 1190. The number of benzene rings is 2. The smallest absolute Gasteiger partial charge is 0.253 e. The lowest BCUT2D eigenvalue weighted by Crippen LogP contribution is -2.45. The van der Waals surface area contributed by atoms with E-state index in [1.807, 2.05) is 23.2 Å². The molecular weight excluding hydrogens is 485 g/mol. The second-order valence-corrected chi connectivity index (χ2v) is 9.62. The van der Waals surface area contributed by atoms with Crippen molar-refractivity contribution in [1.82, 2.24) is 19.8 Å². The van der Waals surface area contributed by atoms with Gasteiger partial charge in [0.15, 0.2) is 0 Å². The summed E-state index contributed by atoms with van der Waals surface area (Å²) < 4.78 is 0. The number of amides is 2. The molecule has 2 heterocycles. The van der Waals surface area contributed by atoms with Crippen LogP contribution in [0.15, 0.2) is 54.9 Å². The van der Waals surface area contributed by atoms with E-state index < -0.39 is 5.91 Å². The maximum Gasteiger partial charge on any atom is 0.253 e. The largest absolute Gasteiger partial charge is 0.366 e. The number of primary amides is 1. The zero-order valence-electron chi connectivity index (χ0n) is 19.5. The molecule has 2 aromatic carbocycles. The molecule has 1 aliphatic heterocycles. The van der Waals surface area contributed by atoms with Crippen LogP contribution in [0.5, 0.6) is 0 Å². The van der Waals surface area contributed by atoms with Crippen molar-refractivity contribution in [3.8, 4) is 0 Å². The van der Waals surface area contributed by atoms with Crippen LogP contribution in [0.4, 0.5) is 0 Å². The lowest BCUT2D eigenvalue weighted by atomic mass is 10.0. The second-order valence-electron chi connectivity index (χ2n) is 8.80. The molecule has 0 atom stereocenters. The van der Waals surface area contributed by atoms with Crippen LogP contribution >= 0.6 is 23.2 Å². The van der Waals surface area contributed by atoms with Gasteiger partial charge in [-0.25, -0.2) is 0 Å². The number of carbonyl (C=O) groups is 2. The zero-order valence-corrected chi connectivity index (χ0v) is 21.0. The predicted molar refractivity (Wildman–Crippen MR) is 137 cm³/mol. The van der Waals surface area contributed by atoms with E-state index in [-0.39, 0.29) is 5.91 Å². The normalized spacial score (nSPS) is 14.3. The summed E-state index contributed by atoms with van der Waals surface area (Å²) in [6, 6.07) is 12.6. The molecule has 9 heteroatoms. The maximum atomic E-state index is 12.8. The third-order valence-electron chi connectivity index (χ3n) is 6.34. The number of nitrogens with two attached hydrogens (primary N) is 1. The SMILES string of the molecule is CN(Cc1cnc(Cc2ccc(C(N)=O)cc2)cn1)C1CCN(C(=O)c2ccc(Cl)c(Cl)c2)CC1. The topological polar surface area (TPSA) is 92.4 Å². The van der Waals surface area contributed by atoms with Crippen LogP contribution in [-0.4, -0.2) is 57.8 Å². The van der Waals surface area contributed by atoms with Crippen molar-refractivity contribution in [2.45, 2.75) is 31.8 Å². The van der Waals surface area contributed by atoms with Crippen LogP contribution in [0, 0.1) is 0 Å². The molecule has 0 aliphatic carbocycles. The van der Waals surface area contributed by atoms with Gasteiger partial charge in [0.2, 0.25) is 5.91 Å². The van der Waals surface area contributed by atoms with E-state index >= 15 is 0 Å². The molecule has 7 nitrogen and oxygen atoms in total. The Morgan fingerprint density at radius 1 is 0.971 bits per heavy atom. The van der Waals surface area contributed by atoms with Crippen LogP contribution in [-0.2, 0) is 13.0 Å². The fourth-order valence-electron chi connectivity index (χ4n) is 4.26. The Labute approximate surface area is 214 Å². The maximum absolute atomic E-state index is 12.8. The highest BCUT2D eigenvalue weighted by atomic mass is 35.5. The van der Waals surface area contributed by atoms with Crippen molar-refractivity contribution in [1.29, 1.82) is 0 Å². The minimum Gasteiger partial charge on any atom is -0.366 e. The predicted octanol–water partition coefficient (Wildman–Crippen LogP) is 4.21. The van der Waals surface area contributed by atoms with Crippen molar-refractivity contribution >= 4 is 35.0 Å². The van der Waals surface area contributed by atoms with E-state index in [0.717, 1.165) is 29.8 Å². The molecule has 3 aromatic rings. The Balaban J connectivity index is 1.27. The van der Waals surface area contributed by atoms with Gasteiger partial charge in [-0.15, -0.1) is 0 Å².